The summed E-state index contributed by atoms with van der Waals surface area (Å²) in [6.45, 7) is 0.974. The molecule has 0 spiro atoms. The zero-order valence-electron chi connectivity index (χ0n) is 11.3. The average Bonchev–Trinajstić information content (AvgIpc) is 3.13. The summed E-state index contributed by atoms with van der Waals surface area (Å²) < 4.78 is 1.14. The number of nitrogens with one attached hydrogen (secondary N) is 2. The Morgan fingerprint density at radius 2 is 2.10 bits per heavy atom. The molecule has 4 rings (SSSR count). The molecule has 0 aliphatic carbocycles. The van der Waals surface area contributed by atoms with E-state index in [9.17, 15) is 4.79 Å². The Bertz CT molecular complexity index is 838. The van der Waals surface area contributed by atoms with E-state index in [4.69, 9.17) is 0 Å². The summed E-state index contributed by atoms with van der Waals surface area (Å²) in [4.78, 5) is 12.5. The standard InChI is InChI=1S/C17H14N2OS/c20-17(14-10-21-16-4-2-1-3-13(14)16)19-12-5-6-15-11(9-12)7-8-18-15/h1-6,9-10,18H,7-8H2,(H,19,20). The average molecular weight is 294 g/mol. The van der Waals surface area contributed by atoms with Gasteiger partial charge in [0.15, 0.2) is 0 Å². The largest absolute Gasteiger partial charge is 0.384 e. The van der Waals surface area contributed by atoms with Gasteiger partial charge in [0, 0.05) is 33.4 Å². The monoisotopic (exact) mass is 294 g/mol. The van der Waals surface area contributed by atoms with Crippen LogP contribution in [0.5, 0.6) is 0 Å². The summed E-state index contributed by atoms with van der Waals surface area (Å²) in [5, 5.41) is 9.27. The molecule has 0 saturated carbocycles. The van der Waals surface area contributed by atoms with Crippen molar-refractivity contribution in [3.63, 3.8) is 0 Å². The molecule has 104 valence electrons. The molecule has 1 aliphatic rings. The van der Waals surface area contributed by atoms with Crippen LogP contribution in [0.25, 0.3) is 10.1 Å². The van der Waals surface area contributed by atoms with Crippen LogP contribution in [0.3, 0.4) is 0 Å². The first-order valence-electron chi connectivity index (χ1n) is 6.96. The smallest absolute Gasteiger partial charge is 0.257 e. The highest BCUT2D eigenvalue weighted by molar-refractivity contribution is 7.17. The summed E-state index contributed by atoms with van der Waals surface area (Å²) in [5.41, 5.74) is 4.05. The molecule has 2 aromatic carbocycles. The zero-order chi connectivity index (χ0) is 14.2. The van der Waals surface area contributed by atoms with Crippen molar-refractivity contribution in [3.05, 3.63) is 59.0 Å². The summed E-state index contributed by atoms with van der Waals surface area (Å²) in [7, 11) is 0. The van der Waals surface area contributed by atoms with Gasteiger partial charge in [-0.05, 0) is 36.2 Å². The van der Waals surface area contributed by atoms with Gasteiger partial charge in [-0.1, -0.05) is 18.2 Å². The third-order valence-corrected chi connectivity index (χ3v) is 4.76. The van der Waals surface area contributed by atoms with Gasteiger partial charge in [0.2, 0.25) is 0 Å². The quantitative estimate of drug-likeness (QED) is 0.746. The van der Waals surface area contributed by atoms with Gasteiger partial charge in [-0.15, -0.1) is 11.3 Å². The molecule has 0 radical (unpaired) electrons. The lowest BCUT2D eigenvalue weighted by atomic mass is 10.1. The van der Waals surface area contributed by atoms with E-state index in [1.807, 2.05) is 41.8 Å². The molecule has 0 saturated heterocycles. The fourth-order valence-corrected chi connectivity index (χ4v) is 3.68. The van der Waals surface area contributed by atoms with Gasteiger partial charge < -0.3 is 10.6 Å². The van der Waals surface area contributed by atoms with Crippen LogP contribution < -0.4 is 10.6 Å². The van der Waals surface area contributed by atoms with E-state index in [0.29, 0.717) is 0 Å². The Kier molecular flexibility index (Phi) is 2.89. The predicted octanol–water partition coefficient (Wildman–Crippen LogP) is 4.12. The Hall–Kier alpha value is -2.33. The Labute approximate surface area is 126 Å². The molecule has 4 heteroatoms. The Morgan fingerprint density at radius 1 is 1.19 bits per heavy atom. The molecule has 2 heterocycles. The predicted molar refractivity (Wildman–Crippen MR) is 88.4 cm³/mol. The van der Waals surface area contributed by atoms with Crippen molar-refractivity contribution in [1.82, 2.24) is 0 Å². The van der Waals surface area contributed by atoms with Gasteiger partial charge in [-0.25, -0.2) is 0 Å². The van der Waals surface area contributed by atoms with Gasteiger partial charge >= 0.3 is 0 Å². The first kappa shape index (κ1) is 12.4. The van der Waals surface area contributed by atoms with Crippen molar-refractivity contribution in [2.24, 2.45) is 0 Å². The van der Waals surface area contributed by atoms with Crippen molar-refractivity contribution in [1.29, 1.82) is 0 Å². The van der Waals surface area contributed by atoms with Gasteiger partial charge in [0.05, 0.1) is 5.56 Å². The third kappa shape index (κ3) is 2.17. The van der Waals surface area contributed by atoms with Gasteiger partial charge in [0.25, 0.3) is 5.91 Å². The number of carbonyl (C=O) groups excluding carboxylic acids is 1. The van der Waals surface area contributed by atoms with Crippen LogP contribution in [0.2, 0.25) is 0 Å². The van der Waals surface area contributed by atoms with Crippen LogP contribution in [0, 0.1) is 0 Å². The van der Waals surface area contributed by atoms with Crippen LogP contribution in [-0.2, 0) is 6.42 Å². The fraction of sp³-hybridized carbons (Fsp3) is 0.118. The molecule has 0 bridgehead atoms. The highest BCUT2D eigenvalue weighted by Crippen LogP contribution is 2.28. The number of thiophene rings is 1. The second-order valence-electron chi connectivity index (χ2n) is 5.15. The van der Waals surface area contributed by atoms with E-state index < -0.39 is 0 Å². The molecule has 0 unspecified atom stereocenters. The summed E-state index contributed by atoms with van der Waals surface area (Å²) >= 11 is 1.60. The summed E-state index contributed by atoms with van der Waals surface area (Å²) in [6.07, 6.45) is 1.01. The molecule has 1 aromatic heterocycles. The van der Waals surface area contributed by atoms with Crippen molar-refractivity contribution >= 4 is 38.7 Å². The lowest BCUT2D eigenvalue weighted by Gasteiger charge is -2.07. The summed E-state index contributed by atoms with van der Waals surface area (Å²) in [6, 6.07) is 14.0. The number of benzene rings is 2. The van der Waals surface area contributed by atoms with Crippen molar-refractivity contribution < 1.29 is 4.79 Å². The van der Waals surface area contributed by atoms with E-state index in [1.54, 1.807) is 11.3 Å². The fourth-order valence-electron chi connectivity index (χ4n) is 2.73. The third-order valence-electron chi connectivity index (χ3n) is 3.80. The Morgan fingerprint density at radius 3 is 3.05 bits per heavy atom. The van der Waals surface area contributed by atoms with Crippen molar-refractivity contribution in [2.75, 3.05) is 17.2 Å². The first-order valence-corrected chi connectivity index (χ1v) is 7.83. The van der Waals surface area contributed by atoms with Crippen LogP contribution in [0.1, 0.15) is 15.9 Å². The zero-order valence-corrected chi connectivity index (χ0v) is 12.2. The number of carbonyl (C=O) groups is 1. The van der Waals surface area contributed by atoms with Crippen LogP contribution >= 0.6 is 11.3 Å². The SMILES string of the molecule is O=C(Nc1ccc2c(c1)CCN2)c1csc2ccccc12. The maximum atomic E-state index is 12.5. The molecule has 21 heavy (non-hydrogen) atoms. The topological polar surface area (TPSA) is 41.1 Å². The van der Waals surface area contributed by atoms with E-state index >= 15 is 0 Å². The highest BCUT2D eigenvalue weighted by Gasteiger charge is 2.14. The molecule has 3 aromatic rings. The molecular weight excluding hydrogens is 280 g/mol. The molecule has 0 atom stereocenters. The minimum Gasteiger partial charge on any atom is -0.384 e. The van der Waals surface area contributed by atoms with Crippen LogP contribution in [-0.4, -0.2) is 12.5 Å². The first-order chi connectivity index (χ1) is 10.3. The lowest BCUT2D eigenvalue weighted by molar-refractivity contribution is 0.102. The minimum absolute atomic E-state index is 0.0432. The number of fused-ring (bicyclic) bond motifs is 2. The number of amides is 1. The minimum atomic E-state index is -0.0432. The lowest BCUT2D eigenvalue weighted by Crippen LogP contribution is -2.11. The summed E-state index contributed by atoms with van der Waals surface area (Å²) in [5.74, 6) is -0.0432. The van der Waals surface area contributed by atoms with E-state index in [-0.39, 0.29) is 5.91 Å². The normalized spacial score (nSPS) is 13.0. The van der Waals surface area contributed by atoms with Gasteiger partial charge in [0.1, 0.15) is 0 Å². The Balaban J connectivity index is 1.63. The maximum absolute atomic E-state index is 12.5. The molecule has 2 N–H and O–H groups in total. The second-order valence-corrected chi connectivity index (χ2v) is 6.06. The van der Waals surface area contributed by atoms with Crippen LogP contribution in [0.15, 0.2) is 47.8 Å². The highest BCUT2D eigenvalue weighted by atomic mass is 32.1. The van der Waals surface area contributed by atoms with E-state index in [1.165, 1.54) is 11.3 Å². The van der Waals surface area contributed by atoms with Gasteiger partial charge in [-0.2, -0.15) is 0 Å². The number of hydrogen-bond acceptors (Lipinski definition) is 3. The second kappa shape index (κ2) is 4.90. The van der Waals surface area contributed by atoms with E-state index in [2.05, 4.69) is 16.7 Å². The molecular formula is C17H14N2OS. The maximum Gasteiger partial charge on any atom is 0.257 e. The number of anilines is 2. The molecule has 1 aliphatic heterocycles. The van der Waals surface area contributed by atoms with Crippen molar-refractivity contribution in [2.45, 2.75) is 6.42 Å². The van der Waals surface area contributed by atoms with E-state index in [0.717, 1.165) is 34.3 Å². The van der Waals surface area contributed by atoms with Crippen LogP contribution in [0.4, 0.5) is 11.4 Å². The number of hydrogen-bond donors (Lipinski definition) is 2. The molecule has 0 fully saturated rings. The molecule has 3 nitrogen and oxygen atoms in total. The van der Waals surface area contributed by atoms with Crippen molar-refractivity contribution in [3.8, 4) is 0 Å². The molecule has 1 amide bonds. The van der Waals surface area contributed by atoms with Gasteiger partial charge in [-0.3, -0.25) is 4.79 Å². The number of rotatable bonds is 2.